The van der Waals surface area contributed by atoms with Gasteiger partial charge in [-0.15, -0.1) is 0 Å². The molecule has 0 spiro atoms. The molecule has 0 radical (unpaired) electrons. The van der Waals surface area contributed by atoms with Crippen molar-refractivity contribution in [2.75, 3.05) is 11.9 Å². The molecule has 56 heavy (non-hydrogen) atoms. The molecule has 0 aliphatic carbocycles. The molecule has 0 bridgehead atoms. The summed E-state index contributed by atoms with van der Waals surface area (Å²) in [5.74, 6) is -1.11. The summed E-state index contributed by atoms with van der Waals surface area (Å²) in [6.45, 7) is 0.653. The van der Waals surface area contributed by atoms with Gasteiger partial charge >= 0.3 is 0 Å². The van der Waals surface area contributed by atoms with Crippen LogP contribution in [0.3, 0.4) is 0 Å². The maximum atomic E-state index is 13.8. The van der Waals surface area contributed by atoms with E-state index >= 15 is 0 Å². The number of ether oxygens (including phenoxy) is 1. The molecule has 0 aliphatic heterocycles. The van der Waals surface area contributed by atoms with E-state index < -0.39 is 43.4 Å². The summed E-state index contributed by atoms with van der Waals surface area (Å²) in [6.07, 6.45) is 1.33. The van der Waals surface area contributed by atoms with Crippen molar-refractivity contribution in [1.29, 1.82) is 5.26 Å². The van der Waals surface area contributed by atoms with Crippen molar-refractivity contribution >= 4 is 44.0 Å². The quantitative estimate of drug-likeness (QED) is 0.0526. The van der Waals surface area contributed by atoms with Gasteiger partial charge in [0.15, 0.2) is 0 Å². The Balaban J connectivity index is 1.17. The first kappa shape index (κ1) is 38.7. The Kier molecular flexibility index (Phi) is 12.3. The minimum atomic E-state index is -4.63. The molecule has 0 aliphatic rings. The molecule has 13 heteroatoms. The van der Waals surface area contributed by atoms with Gasteiger partial charge in [-0.2, -0.15) is 5.26 Å². The van der Waals surface area contributed by atoms with E-state index in [1.54, 1.807) is 66.7 Å². The average molecular weight is 768 g/mol. The van der Waals surface area contributed by atoms with E-state index in [-0.39, 0.29) is 24.3 Å². The maximum Gasteiger partial charge on any atom is 0.293 e. The number of carbonyl (C=O) groups is 2. The van der Waals surface area contributed by atoms with Crippen LogP contribution in [-0.2, 0) is 34.3 Å². The Bertz CT molecular complexity index is 2500. The standard InChI is InChI=1S/C43H37N5O7S/c44-28-32-12-14-33(15-13-32)29-55-37-20-16-31(17-21-37)25-40(46-42(49)36-19-18-34-10-4-5-11-35(34)26-36)43(50)47-56(53,54)38-22-23-39(41(27-38)48(51)52)45-24-6-9-30-7-2-1-3-8-30/h1-5,7-8,10-23,26-27,40,45H,6,9,24-25,29H2,(H,46,49)(H,47,50)/t40-/m0/s1. The predicted octanol–water partition coefficient (Wildman–Crippen LogP) is 7.09. The highest BCUT2D eigenvalue weighted by atomic mass is 32.2. The summed E-state index contributed by atoms with van der Waals surface area (Å²) < 4.78 is 35.0. The summed E-state index contributed by atoms with van der Waals surface area (Å²) in [5, 5.41) is 28.4. The zero-order valence-corrected chi connectivity index (χ0v) is 30.9. The third-order valence-electron chi connectivity index (χ3n) is 9.00. The van der Waals surface area contributed by atoms with Gasteiger partial charge in [-0.1, -0.05) is 84.9 Å². The lowest BCUT2D eigenvalue weighted by Crippen LogP contribution is -2.49. The van der Waals surface area contributed by atoms with E-state index in [4.69, 9.17) is 10.00 Å². The summed E-state index contributed by atoms with van der Waals surface area (Å²) in [7, 11) is -4.63. The molecule has 1 atom stereocenters. The number of hydrogen-bond acceptors (Lipinski definition) is 9. The fraction of sp³-hybridized carbons (Fsp3) is 0.140. The van der Waals surface area contributed by atoms with E-state index in [9.17, 15) is 28.1 Å². The molecule has 0 fully saturated rings. The molecule has 0 heterocycles. The molecular weight excluding hydrogens is 731 g/mol. The number of carbonyl (C=O) groups excluding carboxylic acids is 2. The number of hydrogen-bond donors (Lipinski definition) is 3. The molecule has 12 nitrogen and oxygen atoms in total. The zero-order valence-electron chi connectivity index (χ0n) is 30.1. The molecule has 282 valence electrons. The monoisotopic (exact) mass is 767 g/mol. The maximum absolute atomic E-state index is 13.8. The molecule has 0 unspecified atom stereocenters. The highest BCUT2D eigenvalue weighted by Crippen LogP contribution is 2.28. The van der Waals surface area contributed by atoms with Crippen LogP contribution in [0.15, 0.2) is 144 Å². The van der Waals surface area contributed by atoms with Crippen molar-refractivity contribution in [2.24, 2.45) is 0 Å². The normalized spacial score (nSPS) is 11.6. The van der Waals surface area contributed by atoms with Gasteiger partial charge in [0.1, 0.15) is 24.1 Å². The fourth-order valence-electron chi connectivity index (χ4n) is 5.98. The third-order valence-corrected chi connectivity index (χ3v) is 10.3. The van der Waals surface area contributed by atoms with Crippen molar-refractivity contribution < 1.29 is 27.7 Å². The molecule has 0 aromatic heterocycles. The molecule has 0 saturated heterocycles. The summed E-state index contributed by atoms with van der Waals surface area (Å²) in [4.78, 5) is 38.1. The van der Waals surface area contributed by atoms with Crippen LogP contribution in [0.25, 0.3) is 10.8 Å². The lowest BCUT2D eigenvalue weighted by Gasteiger charge is -2.19. The van der Waals surface area contributed by atoms with Crippen LogP contribution in [0, 0.1) is 21.4 Å². The lowest BCUT2D eigenvalue weighted by atomic mass is 10.0. The minimum Gasteiger partial charge on any atom is -0.489 e. The highest BCUT2D eigenvalue weighted by Gasteiger charge is 2.29. The second kappa shape index (κ2) is 17.9. The number of anilines is 1. The van der Waals surface area contributed by atoms with Gasteiger partial charge in [0.25, 0.3) is 27.5 Å². The van der Waals surface area contributed by atoms with Gasteiger partial charge in [-0.3, -0.25) is 19.7 Å². The molecule has 6 rings (SSSR count). The number of nitrogens with one attached hydrogen (secondary N) is 3. The summed E-state index contributed by atoms with van der Waals surface area (Å²) in [6, 6.07) is 40.1. The van der Waals surface area contributed by atoms with E-state index in [1.807, 2.05) is 59.3 Å². The van der Waals surface area contributed by atoms with Crippen LogP contribution in [0.2, 0.25) is 0 Å². The minimum absolute atomic E-state index is 0.0947. The third kappa shape index (κ3) is 10.1. The number of nitro benzene ring substituents is 1. The number of nitrogens with zero attached hydrogens (tertiary/aromatic N) is 2. The average Bonchev–Trinajstić information content (AvgIpc) is 3.22. The first-order valence-corrected chi connectivity index (χ1v) is 19.2. The lowest BCUT2D eigenvalue weighted by molar-refractivity contribution is -0.384. The van der Waals surface area contributed by atoms with Crippen molar-refractivity contribution in [2.45, 2.75) is 36.8 Å². The van der Waals surface area contributed by atoms with Crippen molar-refractivity contribution in [1.82, 2.24) is 10.0 Å². The SMILES string of the molecule is N#Cc1ccc(COc2ccc(C[C@H](NC(=O)c3ccc4ccccc4c3)C(=O)NS(=O)(=O)c3ccc(NCCCc4ccccc4)c([N+](=O)[O-])c3)cc2)cc1. The van der Waals surface area contributed by atoms with Gasteiger partial charge in [0.05, 0.1) is 21.5 Å². The van der Waals surface area contributed by atoms with E-state index in [0.717, 1.165) is 34.4 Å². The van der Waals surface area contributed by atoms with Gasteiger partial charge in [-0.05, 0) is 88.8 Å². The zero-order chi connectivity index (χ0) is 39.5. The topological polar surface area (TPSA) is 181 Å². The summed E-state index contributed by atoms with van der Waals surface area (Å²) in [5.41, 5.74) is 3.03. The number of fused-ring (bicyclic) bond motifs is 1. The molecule has 6 aromatic rings. The van der Waals surface area contributed by atoms with Gasteiger partial charge in [0.2, 0.25) is 0 Å². The molecule has 3 N–H and O–H groups in total. The Morgan fingerprint density at radius 1 is 0.786 bits per heavy atom. The number of nitro groups is 1. The highest BCUT2D eigenvalue weighted by molar-refractivity contribution is 7.90. The number of aryl methyl sites for hydroxylation is 1. The van der Waals surface area contributed by atoms with E-state index in [1.165, 1.54) is 12.1 Å². The Morgan fingerprint density at radius 3 is 2.20 bits per heavy atom. The Morgan fingerprint density at radius 2 is 1.48 bits per heavy atom. The van der Waals surface area contributed by atoms with Crippen molar-refractivity contribution in [3.8, 4) is 11.8 Å². The first-order chi connectivity index (χ1) is 27.1. The largest absolute Gasteiger partial charge is 0.489 e. The molecular formula is C43H37N5O7S. The fourth-order valence-corrected chi connectivity index (χ4v) is 7.02. The molecule has 2 amide bonds. The van der Waals surface area contributed by atoms with Crippen LogP contribution < -0.4 is 20.1 Å². The van der Waals surface area contributed by atoms with E-state index in [0.29, 0.717) is 29.8 Å². The van der Waals surface area contributed by atoms with Gasteiger partial charge < -0.3 is 15.4 Å². The predicted molar refractivity (Wildman–Crippen MR) is 213 cm³/mol. The second-order valence-corrected chi connectivity index (χ2v) is 14.6. The van der Waals surface area contributed by atoms with Crippen LogP contribution in [-0.4, -0.2) is 37.7 Å². The van der Waals surface area contributed by atoms with E-state index in [2.05, 4.69) is 16.7 Å². The smallest absolute Gasteiger partial charge is 0.293 e. The van der Waals surface area contributed by atoms with Gasteiger partial charge in [-0.25, -0.2) is 13.1 Å². The Labute approximate surface area is 324 Å². The number of rotatable bonds is 16. The summed E-state index contributed by atoms with van der Waals surface area (Å²) >= 11 is 0. The van der Waals surface area contributed by atoms with Crippen LogP contribution in [0.4, 0.5) is 11.4 Å². The van der Waals surface area contributed by atoms with Crippen LogP contribution in [0.5, 0.6) is 5.75 Å². The molecule has 0 saturated carbocycles. The van der Waals surface area contributed by atoms with Crippen LogP contribution >= 0.6 is 0 Å². The second-order valence-electron chi connectivity index (χ2n) is 13.0. The number of sulfonamides is 1. The number of amides is 2. The van der Waals surface area contributed by atoms with Crippen molar-refractivity contribution in [3.63, 3.8) is 0 Å². The van der Waals surface area contributed by atoms with Crippen molar-refractivity contribution in [3.05, 3.63) is 177 Å². The Hall–Kier alpha value is -7.04. The number of nitriles is 1. The molecule has 6 aromatic carbocycles. The van der Waals surface area contributed by atoms with Gasteiger partial charge in [0, 0.05) is 24.6 Å². The number of benzene rings is 6. The first-order valence-electron chi connectivity index (χ1n) is 17.7. The van der Waals surface area contributed by atoms with Crippen LogP contribution in [0.1, 0.15) is 39.0 Å².